The van der Waals surface area contributed by atoms with E-state index in [1.54, 1.807) is 0 Å². The highest BCUT2D eigenvalue weighted by Crippen LogP contribution is 2.42. The summed E-state index contributed by atoms with van der Waals surface area (Å²) in [5, 5.41) is 14.4. The number of pyridine rings is 2. The van der Waals surface area contributed by atoms with Gasteiger partial charge in [-0.2, -0.15) is 0 Å². The Morgan fingerprint density at radius 2 is 0.662 bits per heavy atom. The zero-order valence-corrected chi connectivity index (χ0v) is 35.4. The minimum absolute atomic E-state index is 1.03. The molecule has 0 saturated heterocycles. The predicted molar refractivity (Wildman–Crippen MR) is 276 cm³/mol. The van der Waals surface area contributed by atoms with Crippen molar-refractivity contribution >= 4 is 92.7 Å². The lowest BCUT2D eigenvalue weighted by molar-refractivity contribution is 1.29. The molecule has 11 aromatic carbocycles. The first-order valence-corrected chi connectivity index (χ1v) is 22.2. The third-order valence-corrected chi connectivity index (χ3v) is 13.3. The van der Waals surface area contributed by atoms with Gasteiger partial charge in [0.2, 0.25) is 0 Å². The van der Waals surface area contributed by atoms with E-state index in [1.165, 1.54) is 65.3 Å². The van der Waals surface area contributed by atoms with Gasteiger partial charge in [-0.25, -0.2) is 0 Å². The fourth-order valence-electron chi connectivity index (χ4n) is 10.1. The molecule has 2 aromatic heterocycles. The summed E-state index contributed by atoms with van der Waals surface area (Å²) in [6, 6.07) is 81.8. The molecule has 2 heterocycles. The fraction of sp³-hybridized carbons (Fsp3) is 0. The molecule has 0 bridgehead atoms. The van der Waals surface area contributed by atoms with Crippen LogP contribution in [0.2, 0.25) is 0 Å². The molecule has 0 saturated carbocycles. The zero-order chi connectivity index (χ0) is 42.8. The van der Waals surface area contributed by atoms with Crippen molar-refractivity contribution < 1.29 is 0 Å². The highest BCUT2D eigenvalue weighted by Gasteiger charge is 2.17. The molecule has 3 heteroatoms. The normalized spacial score (nSPS) is 11.7. The highest BCUT2D eigenvalue weighted by molar-refractivity contribution is 6.14. The Kier molecular flexibility index (Phi) is 8.53. The van der Waals surface area contributed by atoms with Crippen LogP contribution in [0, 0.1) is 0 Å². The quantitative estimate of drug-likeness (QED) is 0.156. The molecule has 0 fully saturated rings. The summed E-state index contributed by atoms with van der Waals surface area (Å²) in [6.45, 7) is 0. The van der Waals surface area contributed by atoms with Crippen LogP contribution >= 0.6 is 0 Å². The Labute approximate surface area is 376 Å². The van der Waals surface area contributed by atoms with Gasteiger partial charge >= 0.3 is 0 Å². The van der Waals surface area contributed by atoms with Crippen LogP contribution in [0.4, 0.5) is 17.1 Å². The van der Waals surface area contributed by atoms with Crippen LogP contribution in [0.5, 0.6) is 0 Å². The molecule has 0 spiro atoms. The third kappa shape index (κ3) is 6.28. The monoisotopic (exact) mass is 825 g/mol. The second kappa shape index (κ2) is 15.0. The number of hydrogen-bond donors (Lipinski definition) is 0. The summed E-state index contributed by atoms with van der Waals surface area (Å²) < 4.78 is 0. The first-order chi connectivity index (χ1) is 32.2. The van der Waals surface area contributed by atoms with E-state index in [1.807, 2.05) is 24.5 Å². The molecule has 0 atom stereocenters. The maximum absolute atomic E-state index is 4.76. The maximum Gasteiger partial charge on any atom is 0.0780 e. The van der Waals surface area contributed by atoms with Crippen molar-refractivity contribution in [2.75, 3.05) is 4.90 Å². The van der Waals surface area contributed by atoms with Crippen LogP contribution in [0.15, 0.2) is 237 Å². The van der Waals surface area contributed by atoms with Gasteiger partial charge in [0.15, 0.2) is 0 Å². The van der Waals surface area contributed by atoms with Crippen molar-refractivity contribution in [2.24, 2.45) is 0 Å². The van der Waals surface area contributed by atoms with Gasteiger partial charge in [-0.05, 0) is 149 Å². The minimum atomic E-state index is 1.03. The van der Waals surface area contributed by atoms with Gasteiger partial charge in [-0.1, -0.05) is 152 Å². The molecular weight excluding hydrogens is 787 g/mol. The molecule has 13 rings (SSSR count). The summed E-state index contributed by atoms with van der Waals surface area (Å²) in [6.07, 6.45) is 3.76. The van der Waals surface area contributed by atoms with Gasteiger partial charge in [0, 0.05) is 51.0 Å². The standard InChI is InChI=1S/C62H39N3/c1-2-10-43-35-44(18-17-40(43)9-1)45-25-31-53-46(36-45)19-20-47-37-52(30-32-54(47)53)65(50-26-21-41(22-27-50)59-38-48-11-7-33-63-61(48)57-15-5-3-13-55(57)59)51-28-23-42(24-29-51)60-39-49-12-8-34-64-62(49)58-16-6-4-14-56(58)60/h1-39H. The van der Waals surface area contributed by atoms with E-state index >= 15 is 0 Å². The van der Waals surface area contributed by atoms with Crippen LogP contribution in [0.25, 0.3) is 109 Å². The summed E-state index contributed by atoms with van der Waals surface area (Å²) >= 11 is 0. The molecule has 0 radical (unpaired) electrons. The van der Waals surface area contributed by atoms with Gasteiger partial charge in [0.05, 0.1) is 11.0 Å². The van der Waals surface area contributed by atoms with E-state index in [2.05, 4.69) is 217 Å². The summed E-state index contributed by atoms with van der Waals surface area (Å²) in [4.78, 5) is 11.9. The lowest BCUT2D eigenvalue weighted by Gasteiger charge is -2.26. The zero-order valence-electron chi connectivity index (χ0n) is 35.4. The predicted octanol–water partition coefficient (Wildman–Crippen LogP) is 17.0. The smallest absolute Gasteiger partial charge is 0.0780 e. The number of fused-ring (bicyclic) bond motifs is 10. The van der Waals surface area contributed by atoms with Crippen LogP contribution in [-0.4, -0.2) is 9.97 Å². The summed E-state index contributed by atoms with van der Waals surface area (Å²) in [5.74, 6) is 0. The van der Waals surface area contributed by atoms with E-state index in [4.69, 9.17) is 9.97 Å². The molecule has 0 N–H and O–H groups in total. The minimum Gasteiger partial charge on any atom is -0.310 e. The fourth-order valence-corrected chi connectivity index (χ4v) is 10.1. The molecule has 0 amide bonds. The summed E-state index contributed by atoms with van der Waals surface area (Å²) in [5.41, 5.74) is 12.5. The number of benzene rings is 11. The van der Waals surface area contributed by atoms with Gasteiger partial charge in [0.25, 0.3) is 0 Å². The second-order valence-corrected chi connectivity index (χ2v) is 17.0. The van der Waals surface area contributed by atoms with Gasteiger partial charge in [-0.3, -0.25) is 9.97 Å². The van der Waals surface area contributed by atoms with E-state index < -0.39 is 0 Å². The molecule has 0 unspecified atom stereocenters. The molecular formula is C62H39N3. The first-order valence-electron chi connectivity index (χ1n) is 22.2. The number of aromatic nitrogens is 2. The number of nitrogens with zero attached hydrogens (tertiary/aromatic N) is 3. The Morgan fingerprint density at radius 3 is 1.25 bits per heavy atom. The third-order valence-electron chi connectivity index (χ3n) is 13.3. The van der Waals surface area contributed by atoms with E-state index in [-0.39, 0.29) is 0 Å². The van der Waals surface area contributed by atoms with Crippen molar-refractivity contribution in [1.29, 1.82) is 0 Å². The molecule has 13 aromatic rings. The second-order valence-electron chi connectivity index (χ2n) is 17.0. The van der Waals surface area contributed by atoms with Crippen molar-refractivity contribution in [3.63, 3.8) is 0 Å². The Morgan fingerprint density at radius 1 is 0.246 bits per heavy atom. The van der Waals surface area contributed by atoms with E-state index in [9.17, 15) is 0 Å². The van der Waals surface area contributed by atoms with Gasteiger partial charge < -0.3 is 4.90 Å². The molecule has 65 heavy (non-hydrogen) atoms. The SMILES string of the molecule is c1ccc2cc(-c3ccc4c(ccc5cc(N(c6ccc(-c7cc8cccnc8c8ccccc78)cc6)c6ccc(-c7cc8cccnc8c8ccccc78)cc6)ccc54)c3)ccc2c1. The van der Waals surface area contributed by atoms with E-state index in [0.717, 1.165) is 60.8 Å². The maximum atomic E-state index is 4.76. The van der Waals surface area contributed by atoms with Gasteiger partial charge in [-0.15, -0.1) is 0 Å². The molecule has 0 aliphatic carbocycles. The molecule has 0 aliphatic heterocycles. The average molecular weight is 826 g/mol. The topological polar surface area (TPSA) is 29.0 Å². The van der Waals surface area contributed by atoms with Crippen LogP contribution in [-0.2, 0) is 0 Å². The van der Waals surface area contributed by atoms with Crippen molar-refractivity contribution in [1.82, 2.24) is 9.97 Å². The Bertz CT molecular complexity index is 3840. The van der Waals surface area contributed by atoms with Gasteiger partial charge in [0.1, 0.15) is 0 Å². The van der Waals surface area contributed by atoms with Crippen molar-refractivity contribution in [2.45, 2.75) is 0 Å². The average Bonchev–Trinajstić information content (AvgIpc) is 3.38. The Balaban J connectivity index is 0.926. The van der Waals surface area contributed by atoms with Crippen LogP contribution in [0.1, 0.15) is 0 Å². The molecule has 0 aliphatic rings. The first kappa shape index (κ1) is 36.9. The molecule has 302 valence electrons. The number of rotatable bonds is 6. The lowest BCUT2D eigenvalue weighted by Crippen LogP contribution is -2.10. The number of hydrogen-bond acceptors (Lipinski definition) is 3. The van der Waals surface area contributed by atoms with Crippen LogP contribution < -0.4 is 4.90 Å². The lowest BCUT2D eigenvalue weighted by atomic mass is 9.94. The highest BCUT2D eigenvalue weighted by atomic mass is 15.1. The Hall–Kier alpha value is -8.66. The molecule has 3 nitrogen and oxygen atoms in total. The van der Waals surface area contributed by atoms with Crippen LogP contribution in [0.3, 0.4) is 0 Å². The largest absolute Gasteiger partial charge is 0.310 e. The van der Waals surface area contributed by atoms with Crippen molar-refractivity contribution in [3.05, 3.63) is 237 Å². The van der Waals surface area contributed by atoms with E-state index in [0.29, 0.717) is 0 Å². The summed E-state index contributed by atoms with van der Waals surface area (Å²) in [7, 11) is 0. The van der Waals surface area contributed by atoms with Crippen molar-refractivity contribution in [3.8, 4) is 33.4 Å². The number of anilines is 3.